The first kappa shape index (κ1) is 41.6. The molecule has 2 fully saturated rings. The maximum Gasteiger partial charge on any atom is 0.315 e. The fourth-order valence-corrected chi connectivity index (χ4v) is 6.36. The van der Waals surface area contributed by atoms with Gasteiger partial charge in [0.2, 0.25) is 17.6 Å². The molecular weight excluding hydrogens is 634 g/mol. The summed E-state index contributed by atoms with van der Waals surface area (Å²) in [4.78, 5) is 67.8. The van der Waals surface area contributed by atoms with E-state index < -0.39 is 58.2 Å². The number of ketones is 1. The Morgan fingerprint density at radius 3 is 2.12 bits per heavy atom. The second-order valence-corrected chi connectivity index (χ2v) is 17.1. The predicted octanol–water partition coefficient (Wildman–Crippen LogP) is 2.08. The summed E-state index contributed by atoms with van der Waals surface area (Å²) in [6, 6.07) is -3.48. The second-order valence-electron chi connectivity index (χ2n) is 15.6. The summed E-state index contributed by atoms with van der Waals surface area (Å²) in [5.74, 6) is -1.54. The molecule has 1 saturated carbocycles. The molecule has 5 atom stereocenters. The average molecular weight is 698 g/mol. The number of nitrogens with one attached hydrogen (secondary N) is 5. The molecule has 0 radical (unpaired) electrons. The van der Waals surface area contributed by atoms with Crippen LogP contribution >= 0.6 is 0 Å². The Labute approximate surface area is 290 Å². The quantitative estimate of drug-likeness (QED) is 0.108. The fourth-order valence-electron chi connectivity index (χ4n) is 6.01. The zero-order valence-electron chi connectivity index (χ0n) is 30.8. The lowest BCUT2D eigenvalue weighted by Gasteiger charge is -2.37. The number of unbranched alkanes of at least 4 members (excludes halogenated alkanes) is 1. The van der Waals surface area contributed by atoms with Gasteiger partial charge in [-0.2, -0.15) is 0 Å². The van der Waals surface area contributed by atoms with Crippen LogP contribution in [0, 0.1) is 16.7 Å². The molecule has 13 nitrogen and oxygen atoms in total. The van der Waals surface area contributed by atoms with Crippen molar-refractivity contribution in [3.8, 4) is 0 Å². The summed E-state index contributed by atoms with van der Waals surface area (Å²) in [6.07, 6.45) is 9.47. The number of hydrogen-bond donors (Lipinski definition) is 5. The third kappa shape index (κ3) is 13.0. The van der Waals surface area contributed by atoms with E-state index in [-0.39, 0.29) is 17.4 Å². The lowest BCUT2D eigenvalue weighted by molar-refractivity contribution is -0.143. The molecular formula is C34H63N7O6S. The topological polar surface area (TPSA) is 169 Å². The molecule has 1 heterocycles. The number of likely N-dealkylation sites (tertiary alicyclic amines) is 1. The van der Waals surface area contributed by atoms with Gasteiger partial charge >= 0.3 is 6.03 Å². The van der Waals surface area contributed by atoms with Crippen LogP contribution < -0.4 is 26.6 Å². The fraction of sp³-hybridized carbons (Fsp3) is 0.853. The largest absolute Gasteiger partial charge is 0.353 e. The predicted molar refractivity (Wildman–Crippen MR) is 189 cm³/mol. The van der Waals surface area contributed by atoms with Gasteiger partial charge in [0.25, 0.3) is 5.91 Å². The maximum absolute atomic E-state index is 14.1. The Morgan fingerprint density at radius 2 is 1.58 bits per heavy atom. The Hall–Kier alpha value is -2.58. The van der Waals surface area contributed by atoms with Crippen LogP contribution in [0.15, 0.2) is 0 Å². The van der Waals surface area contributed by atoms with Crippen LogP contribution in [0.2, 0.25) is 0 Å². The standard InChI is InChI=1S/C34H63N7O6S/c1-33(2,3)26(22-36-19-21-40(8)48(9)47)38-32(46)39-28(34(4,5)6)31(45)41-20-13-18-25(41)29(43)37-24(27(42)30(44)35-7)17-11-10-14-23-15-12-16-23/h23-26,28,36H,10-22H2,1-9H3,(H,35,44)(H,37,43)(H2,38,39,46)/t24?,25-,26+,28+,48?/m0/s1. The third-order valence-electron chi connectivity index (χ3n) is 9.63. The number of urea groups is 1. The van der Waals surface area contributed by atoms with E-state index in [0.717, 1.165) is 18.8 Å². The lowest BCUT2D eigenvalue weighted by atomic mass is 9.81. The summed E-state index contributed by atoms with van der Waals surface area (Å²) in [7, 11) is 2.10. The Kier molecular flexibility index (Phi) is 16.4. The summed E-state index contributed by atoms with van der Waals surface area (Å²) in [5.41, 5.74) is -0.977. The van der Waals surface area contributed by atoms with Gasteiger partial charge in [0.15, 0.2) is 0 Å². The minimum Gasteiger partial charge on any atom is -0.353 e. The molecule has 2 unspecified atom stereocenters. The summed E-state index contributed by atoms with van der Waals surface area (Å²) >= 11 is 0. The molecule has 2 rings (SSSR count). The average Bonchev–Trinajstić information content (AvgIpc) is 3.47. The number of carbonyl (C=O) groups is 5. The van der Waals surface area contributed by atoms with Crippen LogP contribution in [0.4, 0.5) is 4.79 Å². The zero-order valence-corrected chi connectivity index (χ0v) is 31.6. The Balaban J connectivity index is 2.09. The monoisotopic (exact) mass is 697 g/mol. The maximum atomic E-state index is 14.1. The van der Waals surface area contributed by atoms with Crippen LogP contribution in [-0.2, 0) is 30.2 Å². The van der Waals surface area contributed by atoms with Gasteiger partial charge in [0.05, 0.1) is 17.0 Å². The minimum atomic E-state index is -1.07. The van der Waals surface area contributed by atoms with Gasteiger partial charge < -0.3 is 31.5 Å². The number of amides is 5. The van der Waals surface area contributed by atoms with Crippen molar-refractivity contribution in [2.45, 2.75) is 123 Å². The summed E-state index contributed by atoms with van der Waals surface area (Å²) in [5, 5.41) is 14.4. The number of likely N-dealkylation sites (N-methyl/N-ethyl adjacent to an activating group) is 2. The molecule has 0 aromatic heterocycles. The van der Waals surface area contributed by atoms with Crippen molar-refractivity contribution in [2.75, 3.05) is 46.5 Å². The second kappa shape index (κ2) is 19.0. The molecule has 1 saturated heterocycles. The Bertz CT molecular complexity index is 1130. The van der Waals surface area contributed by atoms with Gasteiger partial charge in [-0.3, -0.25) is 19.2 Å². The molecule has 0 spiro atoms. The lowest BCUT2D eigenvalue weighted by Crippen LogP contribution is -2.61. The summed E-state index contributed by atoms with van der Waals surface area (Å²) < 4.78 is 13.3. The number of Topliss-reactive ketones (excluding diaryl/α,β-unsaturated/α-hetero) is 1. The van der Waals surface area contributed by atoms with Crippen LogP contribution in [0.1, 0.15) is 99.3 Å². The normalized spacial score (nSPS) is 19.5. The van der Waals surface area contributed by atoms with Crippen molar-refractivity contribution < 1.29 is 28.2 Å². The van der Waals surface area contributed by atoms with Crippen molar-refractivity contribution in [2.24, 2.45) is 16.7 Å². The molecule has 2 aliphatic rings. The zero-order chi connectivity index (χ0) is 36.2. The minimum absolute atomic E-state index is 0.278. The number of hydrogen-bond acceptors (Lipinski definition) is 7. The first-order valence-corrected chi connectivity index (χ1v) is 19.1. The number of carbonyl (C=O) groups excluding carboxylic acids is 5. The molecule has 0 aromatic rings. The van der Waals surface area contributed by atoms with Gasteiger partial charge in [-0.05, 0) is 43.1 Å². The highest BCUT2D eigenvalue weighted by atomic mass is 32.2. The molecule has 5 N–H and O–H groups in total. The van der Waals surface area contributed by atoms with Crippen molar-refractivity contribution in [1.82, 2.24) is 35.8 Å². The SMILES string of the molecule is CNC(=O)C(=O)C(CCCCC1CCC1)NC(=O)[C@@H]1CCCN1C(=O)[C@@H](NC(=O)N[C@H](CNCCN(C)S(C)=O)C(C)(C)C)C(C)(C)C. The first-order valence-electron chi connectivity index (χ1n) is 17.6. The van der Waals surface area contributed by atoms with Crippen LogP contribution in [0.5, 0.6) is 0 Å². The van der Waals surface area contributed by atoms with Gasteiger partial charge in [0, 0.05) is 45.5 Å². The van der Waals surface area contributed by atoms with Crippen LogP contribution in [-0.4, -0.2) is 114 Å². The molecule has 5 amide bonds. The first-order chi connectivity index (χ1) is 22.4. The highest BCUT2D eigenvalue weighted by Crippen LogP contribution is 2.31. The van der Waals surface area contributed by atoms with E-state index in [1.165, 1.54) is 31.2 Å². The van der Waals surface area contributed by atoms with Gasteiger partial charge in [-0.25, -0.2) is 13.3 Å². The number of nitrogens with zero attached hydrogens (tertiary/aromatic N) is 2. The van der Waals surface area contributed by atoms with E-state index in [4.69, 9.17) is 0 Å². The molecule has 1 aliphatic carbocycles. The molecule has 1 aliphatic heterocycles. The smallest absolute Gasteiger partial charge is 0.315 e. The highest BCUT2D eigenvalue weighted by molar-refractivity contribution is 7.81. The molecule has 276 valence electrons. The molecule has 14 heteroatoms. The van der Waals surface area contributed by atoms with Crippen LogP contribution in [0.25, 0.3) is 0 Å². The highest BCUT2D eigenvalue weighted by Gasteiger charge is 2.43. The van der Waals surface area contributed by atoms with Crippen molar-refractivity contribution in [3.63, 3.8) is 0 Å². The van der Waals surface area contributed by atoms with E-state index in [2.05, 4.69) is 26.6 Å². The summed E-state index contributed by atoms with van der Waals surface area (Å²) in [6.45, 7) is 13.6. The van der Waals surface area contributed by atoms with Crippen molar-refractivity contribution in [3.05, 3.63) is 0 Å². The Morgan fingerprint density at radius 1 is 0.917 bits per heavy atom. The third-order valence-corrected chi connectivity index (χ3v) is 10.7. The number of rotatable bonds is 18. The molecule has 0 bridgehead atoms. The van der Waals surface area contributed by atoms with Crippen molar-refractivity contribution in [1.29, 1.82) is 0 Å². The van der Waals surface area contributed by atoms with E-state index in [1.807, 2.05) is 41.5 Å². The van der Waals surface area contributed by atoms with Crippen LogP contribution in [0.3, 0.4) is 0 Å². The molecule has 48 heavy (non-hydrogen) atoms. The van der Waals surface area contributed by atoms with E-state index >= 15 is 0 Å². The van der Waals surface area contributed by atoms with Gasteiger partial charge in [-0.15, -0.1) is 0 Å². The van der Waals surface area contributed by atoms with Gasteiger partial charge in [0.1, 0.15) is 12.1 Å². The van der Waals surface area contributed by atoms with E-state index in [9.17, 15) is 28.2 Å². The van der Waals surface area contributed by atoms with E-state index in [0.29, 0.717) is 51.9 Å². The molecule has 0 aromatic carbocycles. The van der Waals surface area contributed by atoms with Crippen molar-refractivity contribution >= 4 is 40.5 Å². The van der Waals surface area contributed by atoms with Gasteiger partial charge in [-0.1, -0.05) is 80.1 Å². The van der Waals surface area contributed by atoms with E-state index in [1.54, 1.807) is 17.6 Å².